The van der Waals surface area contributed by atoms with Gasteiger partial charge in [-0.25, -0.2) is 0 Å². The minimum Gasteiger partial charge on any atom is -0.484 e. The van der Waals surface area contributed by atoms with Crippen LogP contribution in [0.5, 0.6) is 5.75 Å². The molecule has 0 spiro atoms. The van der Waals surface area contributed by atoms with Crippen molar-refractivity contribution in [2.45, 2.75) is 18.9 Å². The summed E-state index contributed by atoms with van der Waals surface area (Å²) in [6, 6.07) is 10.6. The van der Waals surface area contributed by atoms with Gasteiger partial charge in [0.1, 0.15) is 11.8 Å². The number of ether oxygens (including phenoxy) is 1. The Labute approximate surface area is 177 Å². The van der Waals surface area contributed by atoms with E-state index in [0.29, 0.717) is 35.8 Å². The first-order valence-corrected chi connectivity index (χ1v) is 9.69. The van der Waals surface area contributed by atoms with Crippen LogP contribution in [0.25, 0.3) is 0 Å². The molecule has 1 saturated heterocycles. The largest absolute Gasteiger partial charge is 0.484 e. The maximum atomic E-state index is 12.9. The summed E-state index contributed by atoms with van der Waals surface area (Å²) in [5, 5.41) is 3.49. The van der Waals surface area contributed by atoms with Crippen LogP contribution in [0.4, 0.5) is 5.69 Å². The number of nitrogens with one attached hydrogen (secondary N) is 1. The molecule has 1 unspecified atom stereocenters. The maximum absolute atomic E-state index is 12.9. The quantitative estimate of drug-likeness (QED) is 0.727. The summed E-state index contributed by atoms with van der Waals surface area (Å²) in [6.45, 7) is 0.233. The fourth-order valence-corrected chi connectivity index (χ4v) is 3.48. The van der Waals surface area contributed by atoms with Gasteiger partial charge >= 0.3 is 0 Å². The van der Waals surface area contributed by atoms with Gasteiger partial charge in [0.25, 0.3) is 11.8 Å². The lowest BCUT2D eigenvalue weighted by molar-refractivity contribution is -0.120. The van der Waals surface area contributed by atoms with Crippen molar-refractivity contribution in [3.8, 4) is 5.75 Å². The minimum absolute atomic E-state index is 0.225. The molecule has 0 aliphatic carbocycles. The van der Waals surface area contributed by atoms with Crippen molar-refractivity contribution < 1.29 is 19.1 Å². The van der Waals surface area contributed by atoms with Gasteiger partial charge in [-0.15, -0.1) is 0 Å². The molecule has 29 heavy (non-hydrogen) atoms. The molecule has 9 heteroatoms. The second-order valence-electron chi connectivity index (χ2n) is 6.55. The predicted molar refractivity (Wildman–Crippen MR) is 110 cm³/mol. The number of likely N-dealkylation sites (tertiary alicyclic amines) is 1. The molecule has 1 aliphatic heterocycles. The summed E-state index contributed by atoms with van der Waals surface area (Å²) in [5.41, 5.74) is 5.85. The van der Waals surface area contributed by atoms with Crippen molar-refractivity contribution in [3.63, 3.8) is 0 Å². The number of nitrogens with zero attached hydrogens (tertiary/aromatic N) is 1. The Kier molecular flexibility index (Phi) is 6.61. The molecule has 0 saturated carbocycles. The molecule has 1 atom stereocenters. The van der Waals surface area contributed by atoms with Gasteiger partial charge in [0.15, 0.2) is 6.61 Å². The zero-order valence-electron chi connectivity index (χ0n) is 15.4. The van der Waals surface area contributed by atoms with Gasteiger partial charge in [-0.1, -0.05) is 23.2 Å². The first kappa shape index (κ1) is 21.0. The molecule has 3 amide bonds. The third kappa shape index (κ3) is 5.19. The van der Waals surface area contributed by atoms with E-state index in [2.05, 4.69) is 5.32 Å². The highest BCUT2D eigenvalue weighted by molar-refractivity contribution is 6.35. The fraction of sp³-hybridized carbons (Fsp3) is 0.250. The molecule has 3 rings (SSSR count). The lowest BCUT2D eigenvalue weighted by Crippen LogP contribution is -2.43. The monoisotopic (exact) mass is 435 g/mol. The maximum Gasteiger partial charge on any atom is 0.256 e. The topological polar surface area (TPSA) is 102 Å². The molecule has 7 nitrogen and oxygen atoms in total. The van der Waals surface area contributed by atoms with E-state index in [9.17, 15) is 14.4 Å². The summed E-state index contributed by atoms with van der Waals surface area (Å²) < 4.78 is 5.18. The molecule has 1 heterocycles. The van der Waals surface area contributed by atoms with Crippen LogP contribution in [0.2, 0.25) is 10.0 Å². The van der Waals surface area contributed by atoms with E-state index in [-0.39, 0.29) is 29.0 Å². The van der Waals surface area contributed by atoms with Gasteiger partial charge in [0.05, 0.1) is 10.6 Å². The zero-order valence-corrected chi connectivity index (χ0v) is 16.9. The van der Waals surface area contributed by atoms with E-state index in [1.807, 2.05) is 0 Å². The van der Waals surface area contributed by atoms with E-state index in [0.717, 1.165) is 0 Å². The standard InChI is InChI=1S/C20H19Cl2N3O4/c21-12-3-8-16(22)15(10-12)20(28)25-9-1-2-17(25)19(27)24-13-4-6-14(7-5-13)29-11-18(23)26/h3-8,10,17H,1-2,9,11H2,(H2,23,26)(H,24,27). The van der Waals surface area contributed by atoms with Crippen molar-refractivity contribution >= 4 is 46.6 Å². The third-order valence-corrected chi connectivity index (χ3v) is 5.04. The number of carbonyl (C=O) groups excluding carboxylic acids is 3. The predicted octanol–water partition coefficient (Wildman–Crippen LogP) is 3.10. The first-order chi connectivity index (χ1) is 13.8. The number of halogens is 2. The second-order valence-corrected chi connectivity index (χ2v) is 7.39. The van der Waals surface area contributed by atoms with Crippen LogP contribution in [-0.2, 0) is 9.59 Å². The van der Waals surface area contributed by atoms with Crippen LogP contribution >= 0.6 is 23.2 Å². The van der Waals surface area contributed by atoms with Crippen molar-refractivity contribution in [3.05, 3.63) is 58.1 Å². The smallest absolute Gasteiger partial charge is 0.256 e. The Bertz CT molecular complexity index is 934. The van der Waals surface area contributed by atoms with Gasteiger partial charge in [0.2, 0.25) is 5.91 Å². The Balaban J connectivity index is 1.67. The number of primary amides is 1. The molecule has 0 aromatic heterocycles. The van der Waals surface area contributed by atoms with Crippen molar-refractivity contribution in [1.29, 1.82) is 0 Å². The van der Waals surface area contributed by atoms with Crippen LogP contribution in [0.3, 0.4) is 0 Å². The number of nitrogens with two attached hydrogens (primary N) is 1. The van der Waals surface area contributed by atoms with E-state index in [1.54, 1.807) is 36.4 Å². The number of benzene rings is 2. The van der Waals surface area contributed by atoms with Gasteiger partial charge < -0.3 is 20.7 Å². The van der Waals surface area contributed by atoms with Crippen LogP contribution < -0.4 is 15.8 Å². The Morgan fingerprint density at radius 2 is 1.86 bits per heavy atom. The van der Waals surface area contributed by atoms with Crippen LogP contribution in [0.1, 0.15) is 23.2 Å². The number of anilines is 1. The molecule has 0 bridgehead atoms. The lowest BCUT2D eigenvalue weighted by Gasteiger charge is -2.24. The summed E-state index contributed by atoms with van der Waals surface area (Å²) in [7, 11) is 0. The Hall–Kier alpha value is -2.77. The van der Waals surface area contributed by atoms with E-state index in [1.165, 1.54) is 11.0 Å². The number of hydrogen-bond acceptors (Lipinski definition) is 4. The van der Waals surface area contributed by atoms with Crippen LogP contribution in [0.15, 0.2) is 42.5 Å². The number of rotatable bonds is 6. The molecule has 2 aromatic rings. The Morgan fingerprint density at radius 3 is 2.55 bits per heavy atom. The number of amides is 3. The highest BCUT2D eigenvalue weighted by atomic mass is 35.5. The summed E-state index contributed by atoms with van der Waals surface area (Å²) in [6.07, 6.45) is 1.26. The highest BCUT2D eigenvalue weighted by Gasteiger charge is 2.35. The van der Waals surface area contributed by atoms with Crippen LogP contribution in [-0.4, -0.2) is 41.8 Å². The minimum atomic E-state index is -0.608. The fourth-order valence-electron chi connectivity index (χ4n) is 3.11. The van der Waals surface area contributed by atoms with Gasteiger partial charge in [-0.05, 0) is 55.3 Å². The van der Waals surface area contributed by atoms with Crippen molar-refractivity contribution in [2.24, 2.45) is 5.73 Å². The molecule has 152 valence electrons. The average molecular weight is 436 g/mol. The van der Waals surface area contributed by atoms with Crippen molar-refractivity contribution in [2.75, 3.05) is 18.5 Å². The summed E-state index contributed by atoms with van der Waals surface area (Å²) >= 11 is 12.1. The SMILES string of the molecule is NC(=O)COc1ccc(NC(=O)C2CCCN2C(=O)c2cc(Cl)ccc2Cl)cc1. The number of carbonyl (C=O) groups is 3. The highest BCUT2D eigenvalue weighted by Crippen LogP contribution is 2.27. The van der Waals surface area contributed by atoms with Gasteiger partial charge in [-0.3, -0.25) is 14.4 Å². The summed E-state index contributed by atoms with van der Waals surface area (Å²) in [4.78, 5) is 37.9. The lowest BCUT2D eigenvalue weighted by atomic mass is 10.1. The molecule has 2 aromatic carbocycles. The molecular formula is C20H19Cl2N3O4. The normalized spacial score (nSPS) is 15.8. The van der Waals surface area contributed by atoms with E-state index in [4.69, 9.17) is 33.7 Å². The Morgan fingerprint density at radius 1 is 1.14 bits per heavy atom. The van der Waals surface area contributed by atoms with E-state index >= 15 is 0 Å². The zero-order chi connectivity index (χ0) is 21.0. The van der Waals surface area contributed by atoms with E-state index < -0.39 is 11.9 Å². The van der Waals surface area contributed by atoms with Crippen molar-refractivity contribution in [1.82, 2.24) is 4.90 Å². The molecule has 0 radical (unpaired) electrons. The van der Waals surface area contributed by atoms with Gasteiger partial charge in [0, 0.05) is 17.3 Å². The molecule has 3 N–H and O–H groups in total. The van der Waals surface area contributed by atoms with Gasteiger partial charge in [-0.2, -0.15) is 0 Å². The number of hydrogen-bond donors (Lipinski definition) is 2. The van der Waals surface area contributed by atoms with Crippen LogP contribution in [0, 0.1) is 0 Å². The molecule has 1 aliphatic rings. The first-order valence-electron chi connectivity index (χ1n) is 8.93. The third-order valence-electron chi connectivity index (χ3n) is 4.48. The molecule has 1 fully saturated rings. The molecular weight excluding hydrogens is 417 g/mol. The average Bonchev–Trinajstić information content (AvgIpc) is 3.18. The second kappa shape index (κ2) is 9.15. The summed E-state index contributed by atoms with van der Waals surface area (Å²) in [5.74, 6) is -0.742.